The number of carboxylic acids is 1. The van der Waals surface area contributed by atoms with Crippen molar-refractivity contribution < 1.29 is 14.7 Å². The third-order valence-corrected chi connectivity index (χ3v) is 3.27. The number of rotatable bonds is 7. The van der Waals surface area contributed by atoms with Crippen LogP contribution in [0.25, 0.3) is 0 Å². The Morgan fingerprint density at radius 3 is 2.19 bits per heavy atom. The van der Waals surface area contributed by atoms with E-state index in [0.717, 1.165) is 17.7 Å². The highest BCUT2D eigenvalue weighted by molar-refractivity contribution is 5.92. The van der Waals surface area contributed by atoms with Crippen LogP contribution in [0.15, 0.2) is 24.3 Å². The summed E-state index contributed by atoms with van der Waals surface area (Å²) in [7, 11) is 0. The molecular formula is C16H24N2O3. The lowest BCUT2D eigenvalue weighted by Crippen LogP contribution is -2.44. The van der Waals surface area contributed by atoms with E-state index in [2.05, 4.69) is 0 Å². The van der Waals surface area contributed by atoms with E-state index < -0.39 is 5.97 Å². The summed E-state index contributed by atoms with van der Waals surface area (Å²) in [5.41, 5.74) is 1.84. The van der Waals surface area contributed by atoms with E-state index in [1.165, 1.54) is 0 Å². The van der Waals surface area contributed by atoms with Gasteiger partial charge in [0.25, 0.3) is 0 Å². The number of carbonyl (C=O) groups is 2. The first-order valence-electron chi connectivity index (χ1n) is 7.34. The molecule has 0 fully saturated rings. The van der Waals surface area contributed by atoms with Crippen molar-refractivity contribution in [2.75, 3.05) is 24.5 Å². The minimum absolute atomic E-state index is 0.0662. The van der Waals surface area contributed by atoms with E-state index >= 15 is 0 Å². The summed E-state index contributed by atoms with van der Waals surface area (Å²) in [5, 5.41) is 8.88. The van der Waals surface area contributed by atoms with Crippen LogP contribution in [0.3, 0.4) is 0 Å². The summed E-state index contributed by atoms with van der Waals surface area (Å²) in [6, 6.07) is 7.42. The molecule has 21 heavy (non-hydrogen) atoms. The van der Waals surface area contributed by atoms with E-state index in [1.807, 2.05) is 45.0 Å². The van der Waals surface area contributed by atoms with Crippen LogP contribution < -0.4 is 4.90 Å². The predicted octanol–water partition coefficient (Wildman–Crippen LogP) is 3.13. The van der Waals surface area contributed by atoms with Crippen molar-refractivity contribution in [2.45, 2.75) is 33.6 Å². The van der Waals surface area contributed by atoms with E-state index in [9.17, 15) is 9.59 Å². The van der Waals surface area contributed by atoms with Gasteiger partial charge in [-0.05, 0) is 32.4 Å². The molecule has 0 aliphatic heterocycles. The molecule has 0 saturated heterocycles. The molecule has 5 heteroatoms. The van der Waals surface area contributed by atoms with E-state index in [4.69, 9.17) is 5.11 Å². The summed E-state index contributed by atoms with van der Waals surface area (Å²) in [6.45, 7) is 7.38. The predicted molar refractivity (Wildman–Crippen MR) is 83.7 cm³/mol. The zero-order valence-corrected chi connectivity index (χ0v) is 13.0. The number of nitrogens with zero attached hydrogens (tertiary/aromatic N) is 2. The number of amides is 2. The molecule has 0 aromatic heterocycles. The number of hydrogen-bond donors (Lipinski definition) is 1. The normalized spacial score (nSPS) is 10.2. The third kappa shape index (κ3) is 5.10. The maximum atomic E-state index is 12.6. The fraction of sp³-hybridized carbons (Fsp3) is 0.500. The Balaban J connectivity index is 2.97. The minimum atomic E-state index is -0.904. The van der Waals surface area contributed by atoms with Crippen molar-refractivity contribution in [3.05, 3.63) is 29.8 Å². The topological polar surface area (TPSA) is 60.9 Å². The van der Waals surface area contributed by atoms with Gasteiger partial charge in [0.05, 0.1) is 6.42 Å². The molecule has 1 aromatic rings. The summed E-state index contributed by atoms with van der Waals surface area (Å²) >= 11 is 0. The average molecular weight is 292 g/mol. The van der Waals surface area contributed by atoms with Crippen LogP contribution >= 0.6 is 0 Å². The van der Waals surface area contributed by atoms with E-state index in [1.54, 1.807) is 9.80 Å². The Morgan fingerprint density at radius 1 is 1.10 bits per heavy atom. The Morgan fingerprint density at radius 2 is 1.71 bits per heavy atom. The van der Waals surface area contributed by atoms with Crippen LogP contribution in [0.1, 0.15) is 32.3 Å². The zero-order chi connectivity index (χ0) is 15.8. The lowest BCUT2D eigenvalue weighted by molar-refractivity contribution is -0.136. The number of benzene rings is 1. The maximum absolute atomic E-state index is 12.6. The van der Waals surface area contributed by atoms with Crippen molar-refractivity contribution in [2.24, 2.45) is 0 Å². The van der Waals surface area contributed by atoms with Gasteiger partial charge in [-0.15, -0.1) is 0 Å². The molecule has 1 aromatic carbocycles. The summed E-state index contributed by atoms with van der Waals surface area (Å²) in [4.78, 5) is 26.7. The molecule has 0 bridgehead atoms. The van der Waals surface area contributed by atoms with Crippen LogP contribution in [-0.4, -0.2) is 41.6 Å². The molecule has 0 atom stereocenters. The van der Waals surface area contributed by atoms with Gasteiger partial charge in [-0.3, -0.25) is 9.69 Å². The highest BCUT2D eigenvalue weighted by Gasteiger charge is 2.21. The van der Waals surface area contributed by atoms with Gasteiger partial charge in [0.15, 0.2) is 0 Å². The van der Waals surface area contributed by atoms with Gasteiger partial charge in [-0.2, -0.15) is 0 Å². The first kappa shape index (κ1) is 17.0. The first-order chi connectivity index (χ1) is 9.99. The molecule has 0 heterocycles. The number of urea groups is 1. The Hall–Kier alpha value is -2.04. The van der Waals surface area contributed by atoms with Gasteiger partial charge < -0.3 is 10.0 Å². The highest BCUT2D eigenvalue weighted by Crippen LogP contribution is 2.17. The summed E-state index contributed by atoms with van der Waals surface area (Å²) in [6.07, 6.45) is 0.809. The fourth-order valence-corrected chi connectivity index (χ4v) is 2.10. The van der Waals surface area contributed by atoms with Crippen LogP contribution in [0.2, 0.25) is 0 Å². The molecule has 116 valence electrons. The van der Waals surface area contributed by atoms with Crippen molar-refractivity contribution in [3.8, 4) is 0 Å². The Bertz CT molecular complexity index is 471. The molecular weight excluding hydrogens is 268 g/mol. The van der Waals surface area contributed by atoms with Gasteiger partial charge in [0.2, 0.25) is 0 Å². The van der Waals surface area contributed by atoms with E-state index in [0.29, 0.717) is 13.1 Å². The molecule has 0 saturated carbocycles. The van der Waals surface area contributed by atoms with Gasteiger partial charge >= 0.3 is 12.0 Å². The fourth-order valence-electron chi connectivity index (χ4n) is 2.10. The van der Waals surface area contributed by atoms with Crippen LogP contribution in [0, 0.1) is 6.92 Å². The smallest absolute Gasteiger partial charge is 0.324 e. The van der Waals surface area contributed by atoms with Gasteiger partial charge in [-0.25, -0.2) is 4.79 Å². The maximum Gasteiger partial charge on any atom is 0.324 e. The molecule has 2 amide bonds. The van der Waals surface area contributed by atoms with Crippen molar-refractivity contribution in [1.29, 1.82) is 0 Å². The second-order valence-corrected chi connectivity index (χ2v) is 4.99. The average Bonchev–Trinajstić information content (AvgIpc) is 2.46. The van der Waals surface area contributed by atoms with Gasteiger partial charge in [0.1, 0.15) is 0 Å². The van der Waals surface area contributed by atoms with Gasteiger partial charge in [0, 0.05) is 25.3 Å². The largest absolute Gasteiger partial charge is 0.481 e. The molecule has 0 radical (unpaired) electrons. The number of carbonyl (C=O) groups excluding carboxylic acids is 1. The van der Waals surface area contributed by atoms with Gasteiger partial charge in [-0.1, -0.05) is 24.6 Å². The third-order valence-electron chi connectivity index (χ3n) is 3.27. The van der Waals surface area contributed by atoms with Crippen LogP contribution in [0.4, 0.5) is 10.5 Å². The second-order valence-electron chi connectivity index (χ2n) is 4.99. The summed E-state index contributed by atoms with van der Waals surface area (Å²) < 4.78 is 0. The molecule has 0 aliphatic rings. The zero-order valence-electron chi connectivity index (χ0n) is 13.0. The Kier molecular flexibility index (Phi) is 6.72. The minimum Gasteiger partial charge on any atom is -0.481 e. The lowest BCUT2D eigenvalue weighted by Gasteiger charge is -2.29. The van der Waals surface area contributed by atoms with Crippen LogP contribution in [-0.2, 0) is 4.79 Å². The number of anilines is 1. The molecule has 1 rings (SSSR count). The molecule has 0 unspecified atom stereocenters. The number of aliphatic carboxylic acids is 1. The molecule has 0 spiro atoms. The van der Waals surface area contributed by atoms with Crippen molar-refractivity contribution in [1.82, 2.24) is 4.90 Å². The van der Waals surface area contributed by atoms with Crippen LogP contribution in [0.5, 0.6) is 0 Å². The molecule has 0 aliphatic carbocycles. The van der Waals surface area contributed by atoms with E-state index in [-0.39, 0.29) is 19.0 Å². The number of hydrogen-bond acceptors (Lipinski definition) is 2. The van der Waals surface area contributed by atoms with Crippen molar-refractivity contribution in [3.63, 3.8) is 0 Å². The quantitative estimate of drug-likeness (QED) is 0.840. The molecule has 1 N–H and O–H groups in total. The second kappa shape index (κ2) is 8.29. The SMILES string of the molecule is CCCN(CC)C(=O)N(CCC(=O)O)c1ccc(C)cc1. The monoisotopic (exact) mass is 292 g/mol. The highest BCUT2D eigenvalue weighted by atomic mass is 16.4. The standard InChI is InChI=1S/C16H24N2O3/c1-4-11-17(5-2)16(21)18(12-10-15(19)20)14-8-6-13(3)7-9-14/h6-9H,4-5,10-12H2,1-3H3,(H,19,20). The number of aryl methyl sites for hydroxylation is 1. The molecule has 5 nitrogen and oxygen atoms in total. The first-order valence-corrected chi connectivity index (χ1v) is 7.34. The summed E-state index contributed by atoms with van der Waals surface area (Å²) in [5.74, 6) is -0.904. The van der Waals surface area contributed by atoms with Crippen molar-refractivity contribution >= 4 is 17.7 Å². The Labute approximate surface area is 126 Å². The lowest BCUT2D eigenvalue weighted by atomic mass is 10.2. The number of carboxylic acid groups (broad SMARTS) is 1.